The van der Waals surface area contributed by atoms with Crippen molar-refractivity contribution in [3.63, 3.8) is 0 Å². The third kappa shape index (κ3) is 35.2. The van der Waals surface area contributed by atoms with E-state index in [1.54, 1.807) is 106 Å². The van der Waals surface area contributed by atoms with E-state index in [2.05, 4.69) is 21.6 Å². The van der Waals surface area contributed by atoms with Crippen molar-refractivity contribution < 1.29 is 34.2 Å². The molecule has 0 aliphatic rings. The minimum absolute atomic E-state index is 0.173. The number of hydrogen-bond acceptors (Lipinski definition) is 18. The zero-order valence-corrected chi connectivity index (χ0v) is 27.9. The van der Waals surface area contributed by atoms with Crippen LogP contribution in [0.3, 0.4) is 0 Å². The van der Waals surface area contributed by atoms with Crippen LogP contribution in [0.5, 0.6) is 0 Å². The molecule has 37 heavy (non-hydrogen) atoms. The minimum Gasteiger partial charge on any atom is -0.438 e. The summed E-state index contributed by atoms with van der Waals surface area (Å²) in [5, 5.41) is 15.8. The van der Waals surface area contributed by atoms with Crippen molar-refractivity contribution in [1.82, 2.24) is 5.32 Å². The molecule has 218 valence electrons. The molecule has 0 unspecified atom stereocenters. The van der Waals surface area contributed by atoms with E-state index >= 15 is 0 Å². The second kappa shape index (κ2) is 35.3. The number of carbonyl (C=O) groups excluding carboxylic acids is 1. The van der Waals surface area contributed by atoms with E-state index in [1.807, 2.05) is 0 Å². The average molecular weight is 694 g/mol. The van der Waals surface area contributed by atoms with Crippen LogP contribution in [0.1, 0.15) is 0 Å². The fourth-order valence-corrected chi connectivity index (χ4v) is 8.67. The molecule has 0 fully saturated rings. The number of aliphatic hydroxyl groups is 1. The van der Waals surface area contributed by atoms with Gasteiger partial charge in [0.25, 0.3) is 0 Å². The Morgan fingerprint density at radius 2 is 1.43 bits per heavy atom. The number of carbonyl (C=O) groups is 1. The molecule has 1 amide bonds. The van der Waals surface area contributed by atoms with Crippen molar-refractivity contribution in [3.05, 3.63) is 0 Å². The second-order valence-electron chi connectivity index (χ2n) is 5.60. The number of rotatable bonds is 29. The molecule has 0 rings (SSSR count). The Hall–Kier alpha value is 1.24. The average Bonchev–Trinajstić information content (AvgIpc) is 2.90. The number of nitrogens with one attached hydrogen (secondary N) is 1. The fraction of sp³-hybridized carbons (Fsp3) is 0.833. The summed E-state index contributed by atoms with van der Waals surface area (Å²) >= 11 is 15.0. The number of thioether (sulfide) groups is 9. The van der Waals surface area contributed by atoms with E-state index in [9.17, 15) is 4.79 Å². The molecular formula is C18H35N3O7S9. The smallest absolute Gasteiger partial charge is 0.408 e. The molecule has 0 bridgehead atoms. The van der Waals surface area contributed by atoms with Gasteiger partial charge in [-0.25, -0.2) is 14.8 Å². The van der Waals surface area contributed by atoms with Gasteiger partial charge in [0.05, 0.1) is 24.2 Å². The first-order valence-electron chi connectivity index (χ1n) is 10.5. The van der Waals surface area contributed by atoms with E-state index in [0.29, 0.717) is 41.9 Å². The van der Waals surface area contributed by atoms with Gasteiger partial charge in [0.2, 0.25) is 12.8 Å². The van der Waals surface area contributed by atoms with Gasteiger partial charge in [-0.1, -0.05) is 0 Å². The Labute approximate surface area is 258 Å². The molecule has 0 heterocycles. The van der Waals surface area contributed by atoms with Crippen molar-refractivity contribution >= 4 is 125 Å². The standard InChI is InChI=1S/C18H35N3O7S9/c1-29-13-31-8-20-7-27-28-12-35-17-37-15-33-10-21-18(23)24-11-34-16-36-14-32-9-19-6-26-25-3-5-30-4-2-22/h6-7,22H,2-5,8-17H2,1H3,(H,21,23). The van der Waals surface area contributed by atoms with Gasteiger partial charge < -0.3 is 24.9 Å². The minimum atomic E-state index is -0.402. The maximum Gasteiger partial charge on any atom is 0.408 e. The molecule has 19 heteroatoms. The van der Waals surface area contributed by atoms with Crippen LogP contribution in [0.4, 0.5) is 4.79 Å². The van der Waals surface area contributed by atoms with Crippen molar-refractivity contribution in [2.24, 2.45) is 9.98 Å². The van der Waals surface area contributed by atoms with E-state index < -0.39 is 6.09 Å². The quantitative estimate of drug-likeness (QED) is 0.0257. The second-order valence-corrected chi connectivity index (χ2v) is 16.2. The third-order valence-corrected chi connectivity index (χ3v) is 12.3. The van der Waals surface area contributed by atoms with E-state index in [4.69, 9.17) is 29.4 Å². The Bertz CT molecular complexity index is 547. The molecule has 0 aliphatic heterocycles. The monoisotopic (exact) mass is 693 g/mol. The first-order valence-corrected chi connectivity index (χ1v) is 21.1. The summed E-state index contributed by atoms with van der Waals surface area (Å²) in [7, 11) is 0. The molecule has 0 radical (unpaired) electrons. The highest BCUT2D eigenvalue weighted by molar-refractivity contribution is 8.23. The zero-order valence-electron chi connectivity index (χ0n) is 20.5. The first-order chi connectivity index (χ1) is 18.3. The molecule has 10 nitrogen and oxygen atoms in total. The van der Waals surface area contributed by atoms with Crippen LogP contribution in [-0.4, -0.2) is 110 Å². The maximum absolute atomic E-state index is 11.7. The number of amides is 1. The lowest BCUT2D eigenvalue weighted by Gasteiger charge is -2.06. The van der Waals surface area contributed by atoms with Gasteiger partial charge in [-0.3, -0.25) is 0 Å². The number of nitrogens with zero attached hydrogens (tertiary/aromatic N) is 2. The van der Waals surface area contributed by atoms with Gasteiger partial charge >= 0.3 is 6.09 Å². The van der Waals surface area contributed by atoms with Gasteiger partial charge in [0.15, 0.2) is 0 Å². The molecule has 0 saturated carbocycles. The Balaban J connectivity index is 3.22. The number of aliphatic imine (C=N–C) groups is 2. The van der Waals surface area contributed by atoms with Crippen LogP contribution in [0.25, 0.3) is 0 Å². The molecule has 0 aromatic carbocycles. The summed E-state index contributed by atoms with van der Waals surface area (Å²) in [4.78, 5) is 39.3. The van der Waals surface area contributed by atoms with Gasteiger partial charge in [0.1, 0.15) is 18.5 Å². The van der Waals surface area contributed by atoms with Crippen LogP contribution < -0.4 is 5.32 Å². The van der Waals surface area contributed by atoms with Crippen molar-refractivity contribution in [3.8, 4) is 0 Å². The number of aliphatic hydroxyl groups excluding tert-OH is 1. The summed E-state index contributed by atoms with van der Waals surface area (Å²) in [6.45, 7) is 0.628. The molecule has 0 aromatic rings. The maximum atomic E-state index is 11.7. The van der Waals surface area contributed by atoms with Crippen molar-refractivity contribution in [2.45, 2.75) is 0 Å². The topological polar surface area (TPSA) is 120 Å². The van der Waals surface area contributed by atoms with Gasteiger partial charge in [-0.05, 0) is 6.26 Å². The number of alkyl carbamates (subject to hydrolysis) is 1. The summed E-state index contributed by atoms with van der Waals surface area (Å²) in [6.07, 6.45) is 4.28. The van der Waals surface area contributed by atoms with E-state index in [0.717, 1.165) is 31.2 Å². The largest absolute Gasteiger partial charge is 0.438 e. The predicted molar refractivity (Wildman–Crippen MR) is 176 cm³/mol. The van der Waals surface area contributed by atoms with Gasteiger partial charge in [-0.15, -0.1) is 82.3 Å². The van der Waals surface area contributed by atoms with Gasteiger partial charge in [0, 0.05) is 36.9 Å². The SMILES string of the molecule is CSCSCN=COOCSCSCSCNC(=O)OCSCSCSCN=COOCCSCCO. The Morgan fingerprint density at radius 3 is 2.16 bits per heavy atom. The van der Waals surface area contributed by atoms with E-state index in [1.165, 1.54) is 12.8 Å². The number of ether oxygens (including phenoxy) is 1. The summed E-state index contributed by atoms with van der Waals surface area (Å²) < 4.78 is 5.13. The van der Waals surface area contributed by atoms with Crippen LogP contribution in [0.2, 0.25) is 0 Å². The predicted octanol–water partition coefficient (Wildman–Crippen LogP) is 5.46. The van der Waals surface area contributed by atoms with Crippen LogP contribution in [0, 0.1) is 0 Å². The molecule has 0 atom stereocenters. The fourth-order valence-electron chi connectivity index (χ4n) is 1.48. The summed E-state index contributed by atoms with van der Waals surface area (Å²) in [5.74, 6) is 3.99. The van der Waals surface area contributed by atoms with Crippen molar-refractivity contribution in [2.75, 3.05) is 85.9 Å². The first kappa shape index (κ1) is 38.2. The van der Waals surface area contributed by atoms with Crippen LogP contribution >= 0.6 is 106 Å². The number of hydrogen-bond donors (Lipinski definition) is 2. The van der Waals surface area contributed by atoms with Crippen LogP contribution in [0.15, 0.2) is 9.98 Å². The molecule has 0 aromatic heterocycles. The molecule has 0 saturated heterocycles. The highest BCUT2D eigenvalue weighted by Crippen LogP contribution is 2.18. The van der Waals surface area contributed by atoms with Gasteiger partial charge in [-0.2, -0.15) is 33.3 Å². The molecule has 0 aliphatic carbocycles. The third-order valence-electron chi connectivity index (χ3n) is 2.84. The highest BCUT2D eigenvalue weighted by Gasteiger charge is 2.01. The lowest BCUT2D eigenvalue weighted by Crippen LogP contribution is -2.23. The normalized spacial score (nSPS) is 11.4. The van der Waals surface area contributed by atoms with Crippen molar-refractivity contribution in [1.29, 1.82) is 0 Å². The molecule has 2 N–H and O–H groups in total. The summed E-state index contributed by atoms with van der Waals surface area (Å²) in [6, 6.07) is 0. The highest BCUT2D eigenvalue weighted by atomic mass is 32.2. The molecule has 0 spiro atoms. The Kier molecular flexibility index (Phi) is 36.4. The lowest BCUT2D eigenvalue weighted by atomic mass is 10.9. The molecular weight excluding hydrogens is 659 g/mol. The Morgan fingerprint density at radius 1 is 0.784 bits per heavy atom. The lowest BCUT2D eigenvalue weighted by molar-refractivity contribution is -0.210. The summed E-state index contributed by atoms with van der Waals surface area (Å²) in [5.41, 5.74) is 0. The van der Waals surface area contributed by atoms with E-state index in [-0.39, 0.29) is 6.61 Å². The zero-order chi connectivity index (χ0) is 26.9. The van der Waals surface area contributed by atoms with Crippen LogP contribution in [-0.2, 0) is 24.3 Å².